The Kier molecular flexibility index (Phi) is 9.20. The highest BCUT2D eigenvalue weighted by atomic mass is 16.5. The summed E-state index contributed by atoms with van der Waals surface area (Å²) in [7, 11) is 0. The zero-order valence-electron chi connectivity index (χ0n) is 22.1. The molecule has 3 aromatic rings. The van der Waals surface area contributed by atoms with Crippen molar-refractivity contribution in [2.24, 2.45) is 0 Å². The lowest BCUT2D eigenvalue weighted by Crippen LogP contribution is -2.31. The topological polar surface area (TPSA) is 76.1 Å². The third kappa shape index (κ3) is 6.25. The van der Waals surface area contributed by atoms with Crippen molar-refractivity contribution in [1.82, 2.24) is 4.90 Å². The number of carbonyl (C=O) groups is 2. The Hall–Kier alpha value is -4.06. The van der Waals surface area contributed by atoms with Gasteiger partial charge in [-0.15, -0.1) is 0 Å². The molecule has 0 aliphatic carbocycles. The largest absolute Gasteiger partial charge is 0.507 e. The summed E-state index contributed by atoms with van der Waals surface area (Å²) < 4.78 is 11.5. The van der Waals surface area contributed by atoms with E-state index in [9.17, 15) is 14.7 Å². The Balaban J connectivity index is 1.71. The predicted octanol–water partition coefficient (Wildman–Crippen LogP) is 6.32. The van der Waals surface area contributed by atoms with Crippen molar-refractivity contribution in [2.45, 2.75) is 45.6 Å². The number of aliphatic hydroxyl groups excluding tert-OH is 1. The summed E-state index contributed by atoms with van der Waals surface area (Å²) in [5, 5.41) is 11.4. The molecule has 0 radical (unpaired) electrons. The molecule has 6 heteroatoms. The number of amides is 1. The molecular weight excluding hydrogens is 478 g/mol. The van der Waals surface area contributed by atoms with Gasteiger partial charge in [-0.05, 0) is 54.7 Å². The van der Waals surface area contributed by atoms with Crippen LogP contribution in [0.15, 0.2) is 84.4 Å². The van der Waals surface area contributed by atoms with Gasteiger partial charge < -0.3 is 19.5 Å². The first kappa shape index (κ1) is 27.0. The highest BCUT2D eigenvalue weighted by Gasteiger charge is 2.45. The molecule has 0 bridgehead atoms. The molecule has 1 aliphatic rings. The number of nitrogens with zero attached hydrogens (tertiary/aromatic N) is 1. The quantitative estimate of drug-likeness (QED) is 0.133. The van der Waals surface area contributed by atoms with E-state index in [0.717, 1.165) is 36.1 Å². The second-order valence-corrected chi connectivity index (χ2v) is 9.38. The normalized spacial score (nSPS) is 16.6. The minimum atomic E-state index is -0.719. The van der Waals surface area contributed by atoms with E-state index in [4.69, 9.17) is 9.47 Å². The number of likely N-dealkylation sites (tertiary alicyclic amines) is 1. The van der Waals surface area contributed by atoms with Gasteiger partial charge in [-0.25, -0.2) is 0 Å². The molecular formula is C32H35NO5. The second-order valence-electron chi connectivity index (χ2n) is 9.38. The van der Waals surface area contributed by atoms with Gasteiger partial charge in [0.05, 0.1) is 24.8 Å². The fourth-order valence-corrected chi connectivity index (χ4v) is 4.54. The number of Topliss-reactive ketones (excluding diaryl/α,β-unsaturated/α-hetero) is 1. The molecule has 1 unspecified atom stereocenters. The first-order valence-electron chi connectivity index (χ1n) is 13.3. The molecule has 6 nitrogen and oxygen atoms in total. The lowest BCUT2D eigenvalue weighted by atomic mass is 9.95. The molecule has 1 N–H and O–H groups in total. The number of hydrogen-bond donors (Lipinski definition) is 1. The summed E-state index contributed by atoms with van der Waals surface area (Å²) in [5.41, 5.74) is 2.31. The van der Waals surface area contributed by atoms with Gasteiger partial charge in [-0.3, -0.25) is 9.59 Å². The van der Waals surface area contributed by atoms with Gasteiger partial charge in [0, 0.05) is 12.1 Å². The van der Waals surface area contributed by atoms with Crippen LogP contribution in [-0.4, -0.2) is 41.5 Å². The van der Waals surface area contributed by atoms with Crippen LogP contribution in [0.1, 0.15) is 55.8 Å². The van der Waals surface area contributed by atoms with Gasteiger partial charge in [0.25, 0.3) is 11.7 Å². The van der Waals surface area contributed by atoms with Crippen LogP contribution < -0.4 is 9.47 Å². The van der Waals surface area contributed by atoms with E-state index in [2.05, 4.69) is 6.92 Å². The van der Waals surface area contributed by atoms with E-state index < -0.39 is 17.7 Å². The number of benzene rings is 3. The smallest absolute Gasteiger partial charge is 0.295 e. The van der Waals surface area contributed by atoms with Crippen molar-refractivity contribution in [3.8, 4) is 11.5 Å². The third-order valence-corrected chi connectivity index (χ3v) is 6.57. The van der Waals surface area contributed by atoms with Crippen LogP contribution in [0.25, 0.3) is 5.76 Å². The van der Waals surface area contributed by atoms with Crippen LogP contribution in [0.3, 0.4) is 0 Å². The van der Waals surface area contributed by atoms with E-state index in [0.29, 0.717) is 37.5 Å². The Morgan fingerprint density at radius 1 is 0.842 bits per heavy atom. The van der Waals surface area contributed by atoms with Crippen molar-refractivity contribution >= 4 is 17.4 Å². The maximum Gasteiger partial charge on any atom is 0.295 e. The highest BCUT2D eigenvalue weighted by Crippen LogP contribution is 2.40. The van der Waals surface area contributed by atoms with Crippen molar-refractivity contribution in [3.05, 3.63) is 101 Å². The summed E-state index contributed by atoms with van der Waals surface area (Å²) in [6.45, 7) is 5.63. The number of carbonyl (C=O) groups excluding carboxylic acids is 2. The van der Waals surface area contributed by atoms with E-state index in [1.54, 1.807) is 29.2 Å². The number of aliphatic hydroxyl groups is 1. The van der Waals surface area contributed by atoms with Crippen molar-refractivity contribution < 1.29 is 24.2 Å². The summed E-state index contributed by atoms with van der Waals surface area (Å²) in [5.74, 6) is -0.192. The van der Waals surface area contributed by atoms with Crippen LogP contribution in [0, 0.1) is 0 Å². The van der Waals surface area contributed by atoms with Crippen LogP contribution in [0.5, 0.6) is 11.5 Å². The maximum atomic E-state index is 13.4. The number of ether oxygens (including phenoxy) is 2. The van der Waals surface area contributed by atoms with Crippen LogP contribution in [0.2, 0.25) is 0 Å². The zero-order valence-corrected chi connectivity index (χ0v) is 22.1. The molecule has 1 aliphatic heterocycles. The summed E-state index contributed by atoms with van der Waals surface area (Å²) in [6, 6.07) is 23.5. The van der Waals surface area contributed by atoms with Crippen molar-refractivity contribution in [3.63, 3.8) is 0 Å². The Bertz CT molecular complexity index is 1270. The van der Waals surface area contributed by atoms with Crippen LogP contribution >= 0.6 is 0 Å². The maximum absolute atomic E-state index is 13.4. The molecule has 4 rings (SSSR count). The summed E-state index contributed by atoms with van der Waals surface area (Å²) in [4.78, 5) is 28.2. The number of hydrogen-bond acceptors (Lipinski definition) is 5. The Morgan fingerprint density at radius 2 is 1.58 bits per heavy atom. The van der Waals surface area contributed by atoms with Gasteiger partial charge in [-0.1, -0.05) is 74.9 Å². The molecule has 0 spiro atoms. The molecule has 38 heavy (non-hydrogen) atoms. The highest BCUT2D eigenvalue weighted by molar-refractivity contribution is 6.46. The molecule has 1 heterocycles. The molecule has 0 aromatic heterocycles. The fourth-order valence-electron chi connectivity index (χ4n) is 4.54. The first-order valence-corrected chi connectivity index (χ1v) is 13.3. The lowest BCUT2D eigenvalue weighted by molar-refractivity contribution is -0.139. The van der Waals surface area contributed by atoms with Gasteiger partial charge >= 0.3 is 0 Å². The van der Waals surface area contributed by atoms with Gasteiger partial charge in [-0.2, -0.15) is 0 Å². The molecule has 3 aromatic carbocycles. The Morgan fingerprint density at radius 3 is 2.29 bits per heavy atom. The first-order chi connectivity index (χ1) is 18.5. The number of rotatable bonds is 12. The molecule has 1 saturated heterocycles. The van der Waals surface area contributed by atoms with E-state index in [1.165, 1.54) is 0 Å². The SMILES string of the molecule is CCCCOc1ccc(C2C(=C(O)c3cccc(OCCC)c3)C(=O)C(=O)N2CCc2ccccc2)cc1. The fraction of sp³-hybridized carbons (Fsp3) is 0.312. The van der Waals surface area contributed by atoms with Crippen molar-refractivity contribution in [1.29, 1.82) is 0 Å². The third-order valence-electron chi connectivity index (χ3n) is 6.57. The van der Waals surface area contributed by atoms with Crippen LogP contribution in [0.4, 0.5) is 0 Å². The van der Waals surface area contributed by atoms with Gasteiger partial charge in [0.1, 0.15) is 17.3 Å². The number of unbranched alkanes of at least 4 members (excludes halogenated alkanes) is 1. The average Bonchev–Trinajstić information content (AvgIpc) is 3.20. The molecule has 1 atom stereocenters. The second kappa shape index (κ2) is 13.0. The summed E-state index contributed by atoms with van der Waals surface area (Å²) >= 11 is 0. The number of ketones is 1. The summed E-state index contributed by atoms with van der Waals surface area (Å²) in [6.07, 6.45) is 3.44. The molecule has 1 amide bonds. The molecule has 0 saturated carbocycles. The minimum absolute atomic E-state index is 0.0790. The average molecular weight is 514 g/mol. The standard InChI is InChI=1S/C32H35NO5/c1-3-5-21-38-26-16-14-24(15-17-26)29-28(30(34)25-12-9-13-27(22-25)37-20-4-2)31(35)32(36)33(29)19-18-23-10-7-6-8-11-23/h6-17,22,29,34H,3-5,18-21H2,1-2H3. The van der Waals surface area contributed by atoms with E-state index in [1.807, 2.05) is 61.5 Å². The predicted molar refractivity (Wildman–Crippen MR) is 148 cm³/mol. The molecule has 198 valence electrons. The molecule has 1 fully saturated rings. The van der Waals surface area contributed by atoms with Crippen molar-refractivity contribution in [2.75, 3.05) is 19.8 Å². The minimum Gasteiger partial charge on any atom is -0.507 e. The Labute approximate surface area is 224 Å². The lowest BCUT2D eigenvalue weighted by Gasteiger charge is -2.25. The van der Waals surface area contributed by atoms with Gasteiger partial charge in [0.15, 0.2) is 0 Å². The van der Waals surface area contributed by atoms with Gasteiger partial charge in [0.2, 0.25) is 0 Å². The van der Waals surface area contributed by atoms with E-state index >= 15 is 0 Å². The zero-order chi connectivity index (χ0) is 26.9. The van der Waals surface area contributed by atoms with Crippen LogP contribution in [-0.2, 0) is 16.0 Å². The monoisotopic (exact) mass is 513 g/mol. The van der Waals surface area contributed by atoms with E-state index in [-0.39, 0.29) is 11.3 Å².